The number of pyridine rings is 1. The topological polar surface area (TPSA) is 64.4 Å². The summed E-state index contributed by atoms with van der Waals surface area (Å²) < 4.78 is 45.8. The van der Waals surface area contributed by atoms with Crippen molar-refractivity contribution in [3.8, 4) is 17.0 Å². The van der Waals surface area contributed by atoms with Crippen molar-refractivity contribution in [1.82, 2.24) is 9.55 Å². The fourth-order valence-electron chi connectivity index (χ4n) is 3.68. The lowest BCUT2D eigenvalue weighted by atomic mass is 10.1. The van der Waals surface area contributed by atoms with Crippen molar-refractivity contribution in [3.63, 3.8) is 0 Å². The van der Waals surface area contributed by atoms with Crippen LogP contribution in [0.5, 0.6) is 5.75 Å². The number of carbonyl (C=O) groups is 1. The first kappa shape index (κ1) is 22.4. The van der Waals surface area contributed by atoms with E-state index in [1.165, 1.54) is 12.1 Å². The molecule has 33 heavy (non-hydrogen) atoms. The Morgan fingerprint density at radius 2 is 1.82 bits per heavy atom. The summed E-state index contributed by atoms with van der Waals surface area (Å²) in [6.07, 6.45) is -2.02. The van der Waals surface area contributed by atoms with E-state index in [2.05, 4.69) is 4.98 Å². The summed E-state index contributed by atoms with van der Waals surface area (Å²) in [4.78, 5) is 15.5. The highest BCUT2D eigenvalue weighted by atomic mass is 19.4. The number of aliphatic carboxylic acids is 1. The van der Waals surface area contributed by atoms with Crippen LogP contribution in [0, 0.1) is 6.92 Å². The van der Waals surface area contributed by atoms with Gasteiger partial charge in [0.15, 0.2) is 0 Å². The number of hydrogen-bond acceptors (Lipinski definition) is 3. The summed E-state index contributed by atoms with van der Waals surface area (Å²) in [6, 6.07) is 16.0. The molecule has 5 nitrogen and oxygen atoms in total. The molecule has 0 spiro atoms. The second kappa shape index (κ2) is 8.97. The van der Waals surface area contributed by atoms with Gasteiger partial charge in [0.05, 0.1) is 17.9 Å². The highest BCUT2D eigenvalue weighted by molar-refractivity contribution is 5.83. The SMILES string of the molecule is Cc1nc(-c2ccc(C(F)(F)F)cc2)ccc1CCOc1ccc2c(ccn2CC(=O)O)c1. The van der Waals surface area contributed by atoms with E-state index in [0.29, 0.717) is 30.0 Å². The van der Waals surface area contributed by atoms with Crippen LogP contribution in [0.1, 0.15) is 16.8 Å². The van der Waals surface area contributed by atoms with Gasteiger partial charge in [0.2, 0.25) is 0 Å². The number of aryl methyl sites for hydroxylation is 1. The van der Waals surface area contributed by atoms with Crippen LogP contribution in [0.2, 0.25) is 0 Å². The zero-order valence-electron chi connectivity index (χ0n) is 17.8. The quantitative estimate of drug-likeness (QED) is 0.387. The molecule has 0 bridgehead atoms. The Bertz CT molecular complexity index is 1290. The third-order valence-corrected chi connectivity index (χ3v) is 5.39. The number of benzene rings is 2. The molecule has 8 heteroatoms. The van der Waals surface area contributed by atoms with Gasteiger partial charge in [-0.3, -0.25) is 9.78 Å². The zero-order valence-corrected chi connectivity index (χ0v) is 17.8. The van der Waals surface area contributed by atoms with E-state index in [9.17, 15) is 18.0 Å². The van der Waals surface area contributed by atoms with Crippen molar-refractivity contribution in [2.75, 3.05) is 6.61 Å². The number of alkyl halides is 3. The Kier molecular flexibility index (Phi) is 6.09. The molecule has 170 valence electrons. The first-order valence-corrected chi connectivity index (χ1v) is 10.3. The van der Waals surface area contributed by atoms with E-state index < -0.39 is 17.7 Å². The zero-order chi connectivity index (χ0) is 23.6. The van der Waals surface area contributed by atoms with Crippen molar-refractivity contribution in [2.24, 2.45) is 0 Å². The monoisotopic (exact) mass is 454 g/mol. The fraction of sp³-hybridized carbons (Fsp3) is 0.200. The number of ether oxygens (including phenoxy) is 1. The summed E-state index contributed by atoms with van der Waals surface area (Å²) in [5.74, 6) is -0.219. The van der Waals surface area contributed by atoms with E-state index in [1.54, 1.807) is 22.9 Å². The summed E-state index contributed by atoms with van der Waals surface area (Å²) in [6.45, 7) is 2.18. The molecule has 0 aliphatic heterocycles. The van der Waals surface area contributed by atoms with Crippen LogP contribution in [0.25, 0.3) is 22.2 Å². The molecule has 4 aromatic rings. The highest BCUT2D eigenvalue weighted by Gasteiger charge is 2.30. The number of hydrogen-bond donors (Lipinski definition) is 1. The van der Waals surface area contributed by atoms with Gasteiger partial charge in [0.25, 0.3) is 0 Å². The first-order chi connectivity index (χ1) is 15.7. The number of aromatic nitrogens is 2. The van der Waals surface area contributed by atoms with E-state index >= 15 is 0 Å². The number of fused-ring (bicyclic) bond motifs is 1. The maximum Gasteiger partial charge on any atom is 0.416 e. The number of carboxylic acids is 1. The van der Waals surface area contributed by atoms with E-state index in [1.807, 2.05) is 31.2 Å². The predicted molar refractivity (Wildman–Crippen MR) is 118 cm³/mol. The third-order valence-electron chi connectivity index (χ3n) is 5.39. The van der Waals surface area contributed by atoms with Crippen molar-refractivity contribution < 1.29 is 27.8 Å². The van der Waals surface area contributed by atoms with Gasteiger partial charge in [0.1, 0.15) is 12.3 Å². The average Bonchev–Trinajstić information content (AvgIpc) is 3.15. The molecule has 0 aliphatic carbocycles. The Balaban J connectivity index is 1.39. The van der Waals surface area contributed by atoms with E-state index in [0.717, 1.165) is 34.3 Å². The Hall–Kier alpha value is -3.81. The molecule has 0 fully saturated rings. The van der Waals surface area contributed by atoms with Crippen LogP contribution in [0.15, 0.2) is 66.9 Å². The Morgan fingerprint density at radius 1 is 1.06 bits per heavy atom. The van der Waals surface area contributed by atoms with Gasteiger partial charge < -0.3 is 14.4 Å². The van der Waals surface area contributed by atoms with Gasteiger partial charge >= 0.3 is 12.1 Å². The Labute approximate surface area is 188 Å². The molecule has 4 rings (SSSR count). The Morgan fingerprint density at radius 3 is 2.48 bits per heavy atom. The molecule has 1 N–H and O–H groups in total. The van der Waals surface area contributed by atoms with Crippen molar-refractivity contribution in [1.29, 1.82) is 0 Å². The van der Waals surface area contributed by atoms with Gasteiger partial charge in [-0.1, -0.05) is 18.2 Å². The molecular formula is C25H21F3N2O3. The minimum absolute atomic E-state index is 0.0988. The van der Waals surface area contributed by atoms with Gasteiger partial charge in [-0.15, -0.1) is 0 Å². The maximum atomic E-state index is 12.8. The lowest BCUT2D eigenvalue weighted by Gasteiger charge is -2.11. The van der Waals surface area contributed by atoms with Crippen LogP contribution in [0.4, 0.5) is 13.2 Å². The van der Waals surface area contributed by atoms with Gasteiger partial charge in [-0.05, 0) is 55.0 Å². The third kappa shape index (κ3) is 5.16. The van der Waals surface area contributed by atoms with Crippen molar-refractivity contribution >= 4 is 16.9 Å². The standard InChI is InChI=1S/C25H21F3N2O3/c1-16-17(4-8-22(29-16)18-2-5-20(6-3-18)25(26,27)28)11-13-33-21-7-9-23-19(14-21)10-12-30(23)15-24(31)32/h2-10,12,14H,11,13,15H2,1H3,(H,31,32). The molecule has 2 heterocycles. The number of carboxylic acid groups (broad SMARTS) is 1. The summed E-state index contributed by atoms with van der Waals surface area (Å²) in [7, 11) is 0. The molecule has 0 amide bonds. The molecule has 0 saturated heterocycles. The number of nitrogens with zero attached hydrogens (tertiary/aromatic N) is 2. The normalized spacial score (nSPS) is 11.6. The molecule has 2 aromatic heterocycles. The fourth-order valence-corrected chi connectivity index (χ4v) is 3.68. The lowest BCUT2D eigenvalue weighted by molar-refractivity contribution is -0.138. The number of halogens is 3. The minimum Gasteiger partial charge on any atom is -0.493 e. The smallest absolute Gasteiger partial charge is 0.416 e. The summed E-state index contributed by atoms with van der Waals surface area (Å²) in [5.41, 5.74) is 3.15. The number of rotatable bonds is 7. The van der Waals surface area contributed by atoms with Crippen LogP contribution in [-0.2, 0) is 23.9 Å². The second-order valence-electron chi connectivity index (χ2n) is 7.67. The van der Waals surface area contributed by atoms with Gasteiger partial charge in [-0.2, -0.15) is 13.2 Å². The van der Waals surface area contributed by atoms with Gasteiger partial charge in [-0.25, -0.2) is 0 Å². The predicted octanol–water partition coefficient (Wildman–Crippen LogP) is 5.74. The van der Waals surface area contributed by atoms with Crippen LogP contribution >= 0.6 is 0 Å². The highest BCUT2D eigenvalue weighted by Crippen LogP contribution is 2.31. The first-order valence-electron chi connectivity index (χ1n) is 10.3. The molecule has 0 atom stereocenters. The maximum absolute atomic E-state index is 12.8. The molecule has 0 radical (unpaired) electrons. The van der Waals surface area contributed by atoms with Crippen molar-refractivity contribution in [2.45, 2.75) is 26.1 Å². The summed E-state index contributed by atoms with van der Waals surface area (Å²) >= 11 is 0. The van der Waals surface area contributed by atoms with Crippen LogP contribution < -0.4 is 4.74 Å². The molecule has 0 saturated carbocycles. The second-order valence-corrected chi connectivity index (χ2v) is 7.67. The van der Waals surface area contributed by atoms with Gasteiger partial charge in [0, 0.05) is 34.8 Å². The van der Waals surface area contributed by atoms with Crippen molar-refractivity contribution in [3.05, 3.63) is 83.7 Å². The van der Waals surface area contributed by atoms with E-state index in [-0.39, 0.29) is 6.54 Å². The largest absolute Gasteiger partial charge is 0.493 e. The molecule has 2 aromatic carbocycles. The van der Waals surface area contributed by atoms with E-state index in [4.69, 9.17) is 9.84 Å². The van der Waals surface area contributed by atoms with Crippen LogP contribution in [-0.4, -0.2) is 27.2 Å². The molecule has 0 aliphatic rings. The lowest BCUT2D eigenvalue weighted by Crippen LogP contribution is -2.07. The minimum atomic E-state index is -4.36. The molecular weight excluding hydrogens is 433 g/mol. The van der Waals surface area contributed by atoms with Crippen LogP contribution in [0.3, 0.4) is 0 Å². The summed E-state index contributed by atoms with van der Waals surface area (Å²) in [5, 5.41) is 9.87. The molecule has 0 unspecified atom stereocenters. The average molecular weight is 454 g/mol.